The molecule has 25 heavy (non-hydrogen) atoms. The number of hydrogen-bond acceptors (Lipinski definition) is 5. The summed E-state index contributed by atoms with van der Waals surface area (Å²) >= 11 is 0. The van der Waals surface area contributed by atoms with E-state index < -0.39 is 0 Å². The standard InChI is InChI=1S/C19H20N4O2/c1-16-9-10-18(23(24)25)19(20-16)22-14-12-21(13-15-22)11-5-8-17-6-3-2-4-7-17/h2-4,6-7,9-10H,11-15H2,1H3. The Balaban J connectivity index is 1.60. The Morgan fingerprint density at radius 1 is 1.12 bits per heavy atom. The molecular formula is C19H20N4O2. The van der Waals surface area contributed by atoms with Crippen molar-refractivity contribution in [1.82, 2.24) is 9.88 Å². The summed E-state index contributed by atoms with van der Waals surface area (Å²) in [5, 5.41) is 11.2. The second-order valence-corrected chi connectivity index (χ2v) is 5.98. The molecule has 2 heterocycles. The molecule has 3 rings (SSSR count). The van der Waals surface area contributed by atoms with Gasteiger partial charge in [-0.1, -0.05) is 30.0 Å². The number of rotatable bonds is 3. The fourth-order valence-corrected chi connectivity index (χ4v) is 2.80. The number of aryl methyl sites for hydroxylation is 1. The molecule has 0 spiro atoms. The molecule has 6 heteroatoms. The van der Waals surface area contributed by atoms with E-state index in [1.54, 1.807) is 6.07 Å². The average Bonchev–Trinajstić information content (AvgIpc) is 2.63. The van der Waals surface area contributed by atoms with E-state index in [0.717, 1.165) is 24.3 Å². The molecular weight excluding hydrogens is 316 g/mol. The van der Waals surface area contributed by atoms with Crippen LogP contribution in [0.4, 0.5) is 11.5 Å². The molecule has 0 radical (unpaired) electrons. The van der Waals surface area contributed by atoms with Crippen LogP contribution < -0.4 is 4.90 Å². The van der Waals surface area contributed by atoms with Gasteiger partial charge in [0.25, 0.3) is 0 Å². The normalized spacial score (nSPS) is 14.7. The monoisotopic (exact) mass is 336 g/mol. The van der Waals surface area contributed by atoms with Crippen LogP contribution in [0, 0.1) is 28.9 Å². The molecule has 0 unspecified atom stereocenters. The summed E-state index contributed by atoms with van der Waals surface area (Å²) in [6, 6.07) is 13.1. The molecule has 1 fully saturated rings. The van der Waals surface area contributed by atoms with Crippen LogP contribution in [0.1, 0.15) is 11.3 Å². The zero-order chi connectivity index (χ0) is 17.6. The number of piperazine rings is 1. The van der Waals surface area contributed by atoms with Gasteiger partial charge in [-0.05, 0) is 25.1 Å². The zero-order valence-electron chi connectivity index (χ0n) is 14.2. The summed E-state index contributed by atoms with van der Waals surface area (Å²) in [7, 11) is 0. The molecule has 6 nitrogen and oxygen atoms in total. The predicted octanol–water partition coefficient (Wildman–Crippen LogP) is 2.47. The first-order chi connectivity index (χ1) is 12.1. The van der Waals surface area contributed by atoms with Crippen molar-refractivity contribution < 1.29 is 4.92 Å². The molecule has 0 atom stereocenters. The first-order valence-electron chi connectivity index (χ1n) is 8.27. The maximum Gasteiger partial charge on any atom is 0.311 e. The van der Waals surface area contributed by atoms with Crippen LogP contribution in [0.15, 0.2) is 42.5 Å². The third-order valence-electron chi connectivity index (χ3n) is 4.17. The SMILES string of the molecule is Cc1ccc([N+](=O)[O-])c(N2CCN(CC#Cc3ccccc3)CC2)n1. The van der Waals surface area contributed by atoms with Crippen molar-refractivity contribution in [2.45, 2.75) is 6.92 Å². The van der Waals surface area contributed by atoms with Crippen molar-refractivity contribution in [3.63, 3.8) is 0 Å². The molecule has 1 saturated heterocycles. The summed E-state index contributed by atoms with van der Waals surface area (Å²) in [5.41, 5.74) is 1.88. The van der Waals surface area contributed by atoms with Gasteiger partial charge >= 0.3 is 5.69 Å². The first-order valence-corrected chi connectivity index (χ1v) is 8.27. The number of anilines is 1. The summed E-state index contributed by atoms with van der Waals surface area (Å²) < 4.78 is 0. The van der Waals surface area contributed by atoms with Crippen molar-refractivity contribution in [3.8, 4) is 11.8 Å². The zero-order valence-corrected chi connectivity index (χ0v) is 14.2. The van der Waals surface area contributed by atoms with Crippen molar-refractivity contribution in [3.05, 3.63) is 63.8 Å². The third-order valence-corrected chi connectivity index (χ3v) is 4.17. The van der Waals surface area contributed by atoms with Gasteiger partial charge in [-0.25, -0.2) is 4.98 Å². The van der Waals surface area contributed by atoms with Gasteiger partial charge in [0.1, 0.15) is 0 Å². The van der Waals surface area contributed by atoms with E-state index in [4.69, 9.17) is 0 Å². The Labute approximate surface area is 147 Å². The van der Waals surface area contributed by atoms with Crippen molar-refractivity contribution in [1.29, 1.82) is 0 Å². The second-order valence-electron chi connectivity index (χ2n) is 5.98. The number of nitrogens with zero attached hydrogens (tertiary/aromatic N) is 4. The molecule has 1 aliphatic rings. The summed E-state index contributed by atoms with van der Waals surface area (Å²) in [6.07, 6.45) is 0. The largest absolute Gasteiger partial charge is 0.348 e. The van der Waals surface area contributed by atoms with Gasteiger partial charge in [0.2, 0.25) is 5.82 Å². The molecule has 0 N–H and O–H groups in total. The summed E-state index contributed by atoms with van der Waals surface area (Å²) in [4.78, 5) is 19.5. The van der Waals surface area contributed by atoms with Crippen molar-refractivity contribution in [2.24, 2.45) is 0 Å². The first kappa shape index (κ1) is 16.9. The van der Waals surface area contributed by atoms with E-state index in [1.807, 2.05) is 42.2 Å². The van der Waals surface area contributed by atoms with Gasteiger partial charge in [-0.2, -0.15) is 0 Å². The second kappa shape index (κ2) is 7.77. The lowest BCUT2D eigenvalue weighted by molar-refractivity contribution is -0.384. The highest BCUT2D eigenvalue weighted by atomic mass is 16.6. The summed E-state index contributed by atoms with van der Waals surface area (Å²) in [6.45, 7) is 5.61. The molecule has 0 saturated carbocycles. The van der Waals surface area contributed by atoms with E-state index in [1.165, 1.54) is 6.07 Å². The molecule has 1 aromatic heterocycles. The lowest BCUT2D eigenvalue weighted by Crippen LogP contribution is -2.47. The van der Waals surface area contributed by atoms with E-state index in [9.17, 15) is 10.1 Å². The van der Waals surface area contributed by atoms with E-state index in [2.05, 4.69) is 21.7 Å². The number of aromatic nitrogens is 1. The van der Waals surface area contributed by atoms with Crippen LogP contribution in [0.5, 0.6) is 0 Å². The van der Waals surface area contributed by atoms with Crippen LogP contribution in [0.3, 0.4) is 0 Å². The average molecular weight is 336 g/mol. The van der Waals surface area contributed by atoms with Gasteiger partial charge in [0.05, 0.1) is 11.5 Å². The Bertz CT molecular complexity index is 803. The summed E-state index contributed by atoms with van der Waals surface area (Å²) in [5.74, 6) is 6.83. The smallest absolute Gasteiger partial charge is 0.311 e. The lowest BCUT2D eigenvalue weighted by atomic mass is 10.2. The van der Waals surface area contributed by atoms with Crippen molar-refractivity contribution in [2.75, 3.05) is 37.6 Å². The van der Waals surface area contributed by atoms with Crippen LogP contribution in [0.25, 0.3) is 0 Å². The molecule has 0 bridgehead atoms. The molecule has 128 valence electrons. The Morgan fingerprint density at radius 2 is 1.84 bits per heavy atom. The van der Waals surface area contributed by atoms with E-state index >= 15 is 0 Å². The third kappa shape index (κ3) is 4.34. The van der Waals surface area contributed by atoms with Crippen molar-refractivity contribution >= 4 is 11.5 Å². The number of benzene rings is 1. The molecule has 0 aliphatic carbocycles. The van der Waals surface area contributed by atoms with Gasteiger partial charge in [-0.15, -0.1) is 0 Å². The topological polar surface area (TPSA) is 62.5 Å². The fraction of sp³-hybridized carbons (Fsp3) is 0.316. The van der Waals surface area contributed by atoms with Gasteiger partial charge in [0.15, 0.2) is 0 Å². The minimum atomic E-state index is -0.362. The van der Waals surface area contributed by atoms with Gasteiger partial charge < -0.3 is 4.90 Å². The fourth-order valence-electron chi connectivity index (χ4n) is 2.80. The highest BCUT2D eigenvalue weighted by Crippen LogP contribution is 2.26. The van der Waals surface area contributed by atoms with Crippen LogP contribution >= 0.6 is 0 Å². The molecule has 1 aromatic carbocycles. The maximum absolute atomic E-state index is 11.2. The van der Waals surface area contributed by atoms with Gasteiger partial charge in [0, 0.05) is 43.5 Å². The quantitative estimate of drug-likeness (QED) is 0.489. The molecule has 1 aliphatic heterocycles. The van der Waals surface area contributed by atoms with Crippen LogP contribution in [0.2, 0.25) is 0 Å². The lowest BCUT2D eigenvalue weighted by Gasteiger charge is -2.34. The van der Waals surface area contributed by atoms with Crippen LogP contribution in [-0.2, 0) is 0 Å². The number of nitro groups is 1. The number of hydrogen-bond donors (Lipinski definition) is 0. The highest BCUT2D eigenvalue weighted by Gasteiger charge is 2.24. The molecule has 0 amide bonds. The molecule has 2 aromatic rings. The maximum atomic E-state index is 11.2. The minimum absolute atomic E-state index is 0.0721. The Morgan fingerprint density at radius 3 is 2.52 bits per heavy atom. The van der Waals surface area contributed by atoms with Gasteiger partial charge in [-0.3, -0.25) is 15.0 Å². The van der Waals surface area contributed by atoms with Crippen LogP contribution in [-0.4, -0.2) is 47.5 Å². The highest BCUT2D eigenvalue weighted by molar-refractivity contribution is 5.58. The minimum Gasteiger partial charge on any atom is -0.348 e. The van der Waals surface area contributed by atoms with E-state index in [0.29, 0.717) is 25.5 Å². The van der Waals surface area contributed by atoms with E-state index in [-0.39, 0.29) is 10.6 Å². The number of pyridine rings is 1. The Kier molecular flexibility index (Phi) is 5.26. The Hall–Kier alpha value is -2.91. The predicted molar refractivity (Wildman–Crippen MR) is 97.6 cm³/mol.